The minimum atomic E-state index is -1.57. The zero-order valence-corrected chi connectivity index (χ0v) is 31.9. The highest BCUT2D eigenvalue weighted by molar-refractivity contribution is 5.76. The highest BCUT2D eigenvalue weighted by Crippen LogP contribution is 2.22. The summed E-state index contributed by atoms with van der Waals surface area (Å²) in [6, 6.07) is -0.828. The molecule has 0 aromatic carbocycles. The molecule has 0 bridgehead atoms. The van der Waals surface area contributed by atoms with Crippen molar-refractivity contribution in [3.63, 3.8) is 0 Å². The van der Waals surface area contributed by atoms with Gasteiger partial charge in [-0.1, -0.05) is 153 Å². The van der Waals surface area contributed by atoms with Crippen LogP contribution in [0.2, 0.25) is 0 Å². The van der Waals surface area contributed by atoms with Crippen LogP contribution in [-0.4, -0.2) is 87.5 Å². The van der Waals surface area contributed by atoms with Crippen molar-refractivity contribution in [2.24, 2.45) is 0 Å². The summed E-state index contributed by atoms with van der Waals surface area (Å²) in [5, 5.41) is 54.0. The van der Waals surface area contributed by atoms with E-state index in [1.54, 1.807) is 6.08 Å². The Morgan fingerprint density at radius 2 is 1.30 bits per heavy atom. The van der Waals surface area contributed by atoms with Gasteiger partial charge in [0.15, 0.2) is 6.29 Å². The summed E-state index contributed by atoms with van der Waals surface area (Å²) in [4.78, 5) is 12.9. The third kappa shape index (κ3) is 22.4. The average molecular weight is 710 g/mol. The number of carbonyl (C=O) groups is 1. The van der Waals surface area contributed by atoms with Gasteiger partial charge in [-0.2, -0.15) is 0 Å². The summed E-state index contributed by atoms with van der Waals surface area (Å²) in [6.07, 6.45) is 27.2. The van der Waals surface area contributed by atoms with Crippen molar-refractivity contribution < 1.29 is 39.8 Å². The van der Waals surface area contributed by atoms with Crippen LogP contribution < -0.4 is 5.32 Å². The summed E-state index contributed by atoms with van der Waals surface area (Å²) < 4.78 is 11.2. The average Bonchev–Trinajstić information content (AvgIpc) is 3.11. The van der Waals surface area contributed by atoms with E-state index in [4.69, 9.17) is 9.47 Å². The number of hydrogen-bond acceptors (Lipinski definition) is 8. The number of ether oxygens (including phenoxy) is 2. The Balaban J connectivity index is 2.54. The standard InChI is InChI=1S/C41H75NO8/c1-4-6-8-10-12-13-14-15-16-17-19-21-26-30-37(45)42-34(32-49-41-40(48)39(47)38(46)36(31-43)50-41)35(44)29-25-22-24-28-33(3)27-23-20-18-11-9-7-5-2/h23,25,27-29,34-36,38-41,43-44,46-48H,4-22,24,26,30-32H2,1-3H3,(H,42,45)/b27-23+,29-25+,33-28+/t34-,35+,36+,38+,39-,40+,41-/m0/s1. The van der Waals surface area contributed by atoms with Crippen LogP contribution in [0.25, 0.3) is 0 Å². The topological polar surface area (TPSA) is 149 Å². The molecule has 7 atom stereocenters. The van der Waals surface area contributed by atoms with Crippen molar-refractivity contribution in [2.75, 3.05) is 13.2 Å². The molecule has 1 aliphatic rings. The molecule has 0 aromatic heterocycles. The maximum absolute atomic E-state index is 12.9. The molecule has 6 N–H and O–H groups in total. The molecule has 9 nitrogen and oxygen atoms in total. The fourth-order valence-corrected chi connectivity index (χ4v) is 6.19. The molecule has 0 unspecified atom stereocenters. The molecule has 1 amide bonds. The van der Waals surface area contributed by atoms with Gasteiger partial charge in [-0.25, -0.2) is 0 Å². The molecule has 1 rings (SSSR count). The number of carbonyl (C=O) groups excluding carboxylic acids is 1. The van der Waals surface area contributed by atoms with Gasteiger partial charge < -0.3 is 40.3 Å². The third-order valence-corrected chi connectivity index (χ3v) is 9.54. The Kier molecular flexibility index (Phi) is 28.8. The number of unbranched alkanes of at least 4 members (excludes halogenated alkanes) is 18. The van der Waals surface area contributed by atoms with Crippen LogP contribution in [0.4, 0.5) is 0 Å². The van der Waals surface area contributed by atoms with Crippen LogP contribution in [0.1, 0.15) is 162 Å². The molecule has 0 spiro atoms. The van der Waals surface area contributed by atoms with Crippen LogP contribution in [0.5, 0.6) is 0 Å². The van der Waals surface area contributed by atoms with Gasteiger partial charge in [0.25, 0.3) is 0 Å². The Morgan fingerprint density at radius 1 is 0.740 bits per heavy atom. The molecule has 9 heteroatoms. The Bertz CT molecular complexity index is 907. The predicted octanol–water partition coefficient (Wildman–Crippen LogP) is 7.33. The maximum Gasteiger partial charge on any atom is 0.220 e. The Morgan fingerprint density at radius 3 is 1.88 bits per heavy atom. The van der Waals surface area contributed by atoms with Gasteiger partial charge in [-0.05, 0) is 39.0 Å². The summed E-state index contributed by atoms with van der Waals surface area (Å²) in [5.41, 5.74) is 1.21. The van der Waals surface area contributed by atoms with E-state index in [1.165, 1.54) is 102 Å². The number of allylic oxidation sites excluding steroid dienone is 5. The number of rotatable bonds is 31. The minimum absolute atomic E-state index is 0.196. The van der Waals surface area contributed by atoms with Crippen molar-refractivity contribution in [3.05, 3.63) is 36.0 Å². The zero-order chi connectivity index (χ0) is 36.8. The summed E-state index contributed by atoms with van der Waals surface area (Å²) in [7, 11) is 0. The fourth-order valence-electron chi connectivity index (χ4n) is 6.19. The molecule has 1 aliphatic heterocycles. The first-order valence-electron chi connectivity index (χ1n) is 20.1. The monoisotopic (exact) mass is 710 g/mol. The summed E-state index contributed by atoms with van der Waals surface area (Å²) in [6.45, 7) is 5.78. The SMILES string of the molecule is CCCCCCC/C=C/C(C)=C/CC/C=C/[C@@H](O)[C@H](CO[C@H]1O[C@H](CO)[C@@H](O)[C@H](O)[C@H]1O)NC(=O)CCCCCCCCCCCCCCC. The normalized spacial score (nSPS) is 22.8. The van der Waals surface area contributed by atoms with E-state index in [1.807, 2.05) is 6.08 Å². The molecular formula is C41H75NO8. The molecule has 292 valence electrons. The van der Waals surface area contributed by atoms with E-state index in [-0.39, 0.29) is 12.5 Å². The molecule has 1 saturated heterocycles. The van der Waals surface area contributed by atoms with Gasteiger partial charge in [0, 0.05) is 6.42 Å². The van der Waals surface area contributed by atoms with Gasteiger partial charge in [-0.3, -0.25) is 4.79 Å². The molecule has 0 radical (unpaired) electrons. The second-order valence-corrected chi connectivity index (χ2v) is 14.2. The first-order valence-corrected chi connectivity index (χ1v) is 20.1. The second-order valence-electron chi connectivity index (χ2n) is 14.2. The number of aliphatic hydroxyl groups excluding tert-OH is 5. The van der Waals surface area contributed by atoms with Gasteiger partial charge in [-0.15, -0.1) is 0 Å². The van der Waals surface area contributed by atoms with E-state index >= 15 is 0 Å². The summed E-state index contributed by atoms with van der Waals surface area (Å²) >= 11 is 0. The van der Waals surface area contributed by atoms with Gasteiger partial charge in [0.2, 0.25) is 5.91 Å². The van der Waals surface area contributed by atoms with E-state index in [0.29, 0.717) is 12.8 Å². The van der Waals surface area contributed by atoms with Gasteiger partial charge >= 0.3 is 0 Å². The molecular weight excluding hydrogens is 634 g/mol. The van der Waals surface area contributed by atoms with E-state index in [9.17, 15) is 30.3 Å². The van der Waals surface area contributed by atoms with Crippen LogP contribution in [-0.2, 0) is 14.3 Å². The van der Waals surface area contributed by atoms with Crippen molar-refractivity contribution in [1.29, 1.82) is 0 Å². The molecule has 1 fully saturated rings. The lowest BCUT2D eigenvalue weighted by Crippen LogP contribution is -2.60. The Hall–Kier alpha value is -1.59. The van der Waals surface area contributed by atoms with Crippen molar-refractivity contribution >= 4 is 5.91 Å². The first-order chi connectivity index (χ1) is 24.2. The highest BCUT2D eigenvalue weighted by Gasteiger charge is 2.44. The number of aliphatic hydroxyl groups is 5. The fraction of sp³-hybridized carbons (Fsp3) is 0.829. The lowest BCUT2D eigenvalue weighted by atomic mass is 9.99. The maximum atomic E-state index is 12.9. The first kappa shape index (κ1) is 46.4. The van der Waals surface area contributed by atoms with Crippen LogP contribution in [0, 0.1) is 0 Å². The van der Waals surface area contributed by atoms with E-state index in [0.717, 1.165) is 32.1 Å². The Labute approximate surface area is 304 Å². The number of hydrogen-bond donors (Lipinski definition) is 6. The highest BCUT2D eigenvalue weighted by atomic mass is 16.7. The predicted molar refractivity (Wildman–Crippen MR) is 203 cm³/mol. The number of amides is 1. The van der Waals surface area contributed by atoms with Gasteiger partial charge in [0.1, 0.15) is 24.4 Å². The molecule has 0 aliphatic carbocycles. The van der Waals surface area contributed by atoms with Crippen molar-refractivity contribution in [3.8, 4) is 0 Å². The van der Waals surface area contributed by atoms with Crippen LogP contribution >= 0.6 is 0 Å². The quantitative estimate of drug-likeness (QED) is 0.0249. The number of nitrogens with one attached hydrogen (secondary N) is 1. The largest absolute Gasteiger partial charge is 0.394 e. The lowest BCUT2D eigenvalue weighted by molar-refractivity contribution is -0.302. The van der Waals surface area contributed by atoms with E-state index in [2.05, 4.69) is 44.3 Å². The van der Waals surface area contributed by atoms with E-state index < -0.39 is 49.5 Å². The molecule has 0 aromatic rings. The summed E-state index contributed by atoms with van der Waals surface area (Å²) in [5.74, 6) is -0.196. The van der Waals surface area contributed by atoms with Crippen LogP contribution in [0.15, 0.2) is 36.0 Å². The smallest absolute Gasteiger partial charge is 0.220 e. The lowest BCUT2D eigenvalue weighted by Gasteiger charge is -2.40. The zero-order valence-electron chi connectivity index (χ0n) is 31.9. The molecule has 1 heterocycles. The van der Waals surface area contributed by atoms with Crippen molar-refractivity contribution in [1.82, 2.24) is 5.32 Å². The molecule has 50 heavy (non-hydrogen) atoms. The second kappa shape index (κ2) is 31.0. The van der Waals surface area contributed by atoms with Crippen molar-refractivity contribution in [2.45, 2.75) is 205 Å². The third-order valence-electron chi connectivity index (χ3n) is 9.54. The van der Waals surface area contributed by atoms with Gasteiger partial charge in [0.05, 0.1) is 25.4 Å². The van der Waals surface area contributed by atoms with Crippen LogP contribution in [0.3, 0.4) is 0 Å². The molecule has 0 saturated carbocycles. The minimum Gasteiger partial charge on any atom is -0.394 e.